The standard InChI is InChI=1S/C13H27N/c1-4-5-9-13(12(2)3)10-7-6-8-11-14-13/h12,14H,4-11H2,1-3H3. The highest BCUT2D eigenvalue weighted by atomic mass is 15.0. The zero-order chi connectivity index (χ0) is 10.4. The van der Waals surface area contributed by atoms with Crippen LogP contribution in [0.5, 0.6) is 0 Å². The van der Waals surface area contributed by atoms with E-state index in [1.165, 1.54) is 51.5 Å². The molecular weight excluding hydrogens is 170 g/mol. The largest absolute Gasteiger partial charge is 0.311 e. The lowest BCUT2D eigenvalue weighted by Crippen LogP contribution is -2.49. The van der Waals surface area contributed by atoms with E-state index in [2.05, 4.69) is 26.1 Å². The van der Waals surface area contributed by atoms with Crippen LogP contribution < -0.4 is 5.32 Å². The molecule has 84 valence electrons. The Morgan fingerprint density at radius 1 is 1.21 bits per heavy atom. The van der Waals surface area contributed by atoms with Crippen molar-refractivity contribution < 1.29 is 0 Å². The van der Waals surface area contributed by atoms with Gasteiger partial charge in [0.1, 0.15) is 0 Å². The molecule has 0 bridgehead atoms. The Morgan fingerprint density at radius 2 is 2.00 bits per heavy atom. The average Bonchev–Trinajstić information content (AvgIpc) is 2.41. The lowest BCUT2D eigenvalue weighted by atomic mass is 9.78. The summed E-state index contributed by atoms with van der Waals surface area (Å²) in [6.07, 6.45) is 9.70. The van der Waals surface area contributed by atoms with Gasteiger partial charge >= 0.3 is 0 Å². The van der Waals surface area contributed by atoms with Crippen LogP contribution in [0.3, 0.4) is 0 Å². The molecule has 1 atom stereocenters. The third-order valence-corrected chi connectivity index (χ3v) is 3.86. The molecular formula is C13H27N. The molecule has 0 radical (unpaired) electrons. The maximum atomic E-state index is 3.83. The first kappa shape index (κ1) is 12.0. The van der Waals surface area contributed by atoms with Gasteiger partial charge in [0.2, 0.25) is 0 Å². The van der Waals surface area contributed by atoms with Crippen LogP contribution in [0.15, 0.2) is 0 Å². The summed E-state index contributed by atoms with van der Waals surface area (Å²) in [5.41, 5.74) is 0.465. The van der Waals surface area contributed by atoms with E-state index < -0.39 is 0 Å². The summed E-state index contributed by atoms with van der Waals surface area (Å²) in [5, 5.41) is 3.83. The molecule has 0 aromatic rings. The van der Waals surface area contributed by atoms with E-state index in [-0.39, 0.29) is 0 Å². The predicted molar refractivity (Wildman–Crippen MR) is 63.6 cm³/mol. The van der Waals surface area contributed by atoms with Gasteiger partial charge in [0.25, 0.3) is 0 Å². The van der Waals surface area contributed by atoms with Gasteiger partial charge in [-0.25, -0.2) is 0 Å². The first-order valence-corrected chi connectivity index (χ1v) is 6.46. The van der Waals surface area contributed by atoms with Crippen LogP contribution in [0.4, 0.5) is 0 Å². The molecule has 0 spiro atoms. The molecule has 1 rings (SSSR count). The maximum Gasteiger partial charge on any atom is 0.0204 e. The summed E-state index contributed by atoms with van der Waals surface area (Å²) in [6, 6.07) is 0. The van der Waals surface area contributed by atoms with E-state index in [0.29, 0.717) is 5.54 Å². The second-order valence-electron chi connectivity index (χ2n) is 5.15. The highest BCUT2D eigenvalue weighted by Gasteiger charge is 2.32. The van der Waals surface area contributed by atoms with Crippen molar-refractivity contribution in [3.8, 4) is 0 Å². The van der Waals surface area contributed by atoms with Gasteiger partial charge in [-0.3, -0.25) is 0 Å². The fraction of sp³-hybridized carbons (Fsp3) is 1.00. The Balaban J connectivity index is 2.57. The molecule has 0 aliphatic carbocycles. The topological polar surface area (TPSA) is 12.0 Å². The fourth-order valence-corrected chi connectivity index (χ4v) is 2.66. The Morgan fingerprint density at radius 3 is 2.64 bits per heavy atom. The molecule has 0 saturated carbocycles. The van der Waals surface area contributed by atoms with Crippen LogP contribution in [0.2, 0.25) is 0 Å². The average molecular weight is 197 g/mol. The molecule has 0 aromatic carbocycles. The Labute approximate surface area is 89.7 Å². The molecule has 1 saturated heterocycles. The van der Waals surface area contributed by atoms with Crippen molar-refractivity contribution in [2.75, 3.05) is 6.54 Å². The second-order valence-corrected chi connectivity index (χ2v) is 5.15. The van der Waals surface area contributed by atoms with Crippen molar-refractivity contribution in [2.24, 2.45) is 5.92 Å². The first-order valence-electron chi connectivity index (χ1n) is 6.46. The van der Waals surface area contributed by atoms with Crippen LogP contribution in [0.1, 0.15) is 65.7 Å². The molecule has 1 N–H and O–H groups in total. The zero-order valence-electron chi connectivity index (χ0n) is 10.2. The van der Waals surface area contributed by atoms with Crippen LogP contribution >= 0.6 is 0 Å². The Hall–Kier alpha value is -0.0400. The van der Waals surface area contributed by atoms with E-state index in [1.54, 1.807) is 0 Å². The fourth-order valence-electron chi connectivity index (χ4n) is 2.66. The van der Waals surface area contributed by atoms with Crippen molar-refractivity contribution in [2.45, 2.75) is 71.3 Å². The van der Waals surface area contributed by atoms with Crippen LogP contribution in [-0.4, -0.2) is 12.1 Å². The highest BCUT2D eigenvalue weighted by molar-refractivity contribution is 4.92. The van der Waals surface area contributed by atoms with Crippen molar-refractivity contribution in [1.29, 1.82) is 0 Å². The molecule has 1 fully saturated rings. The molecule has 14 heavy (non-hydrogen) atoms. The van der Waals surface area contributed by atoms with E-state index >= 15 is 0 Å². The van der Waals surface area contributed by atoms with Gasteiger partial charge in [0.05, 0.1) is 0 Å². The van der Waals surface area contributed by atoms with E-state index in [1.807, 2.05) is 0 Å². The summed E-state index contributed by atoms with van der Waals surface area (Å²) in [5.74, 6) is 0.784. The maximum absolute atomic E-state index is 3.83. The minimum Gasteiger partial charge on any atom is -0.311 e. The van der Waals surface area contributed by atoms with Gasteiger partial charge in [-0.1, -0.05) is 46.5 Å². The van der Waals surface area contributed by atoms with Gasteiger partial charge in [0.15, 0.2) is 0 Å². The first-order chi connectivity index (χ1) is 6.71. The summed E-state index contributed by atoms with van der Waals surface area (Å²) < 4.78 is 0. The third-order valence-electron chi connectivity index (χ3n) is 3.86. The summed E-state index contributed by atoms with van der Waals surface area (Å²) in [7, 11) is 0. The normalized spacial score (nSPS) is 29.1. The van der Waals surface area contributed by atoms with Crippen molar-refractivity contribution in [3.63, 3.8) is 0 Å². The van der Waals surface area contributed by atoms with Gasteiger partial charge in [0, 0.05) is 5.54 Å². The molecule has 1 heterocycles. The summed E-state index contributed by atoms with van der Waals surface area (Å²) >= 11 is 0. The minimum atomic E-state index is 0.465. The van der Waals surface area contributed by atoms with Crippen molar-refractivity contribution >= 4 is 0 Å². The van der Waals surface area contributed by atoms with E-state index in [9.17, 15) is 0 Å². The molecule has 1 heteroatoms. The minimum absolute atomic E-state index is 0.465. The summed E-state index contributed by atoms with van der Waals surface area (Å²) in [6.45, 7) is 8.30. The lowest BCUT2D eigenvalue weighted by molar-refractivity contribution is 0.206. The van der Waals surface area contributed by atoms with E-state index in [4.69, 9.17) is 0 Å². The number of hydrogen-bond acceptors (Lipinski definition) is 1. The Kier molecular flexibility index (Phi) is 4.94. The number of nitrogens with one attached hydrogen (secondary N) is 1. The Bertz CT molecular complexity index is 143. The smallest absolute Gasteiger partial charge is 0.0204 e. The quantitative estimate of drug-likeness (QED) is 0.724. The molecule has 0 amide bonds. The van der Waals surface area contributed by atoms with Gasteiger partial charge < -0.3 is 5.32 Å². The molecule has 1 nitrogen and oxygen atoms in total. The second kappa shape index (κ2) is 5.75. The summed E-state index contributed by atoms with van der Waals surface area (Å²) in [4.78, 5) is 0. The van der Waals surface area contributed by atoms with Gasteiger partial charge in [-0.2, -0.15) is 0 Å². The predicted octanol–water partition coefficient (Wildman–Crippen LogP) is 3.74. The van der Waals surface area contributed by atoms with Gasteiger partial charge in [-0.15, -0.1) is 0 Å². The SMILES string of the molecule is CCCCC1(C(C)C)CCCCCN1. The van der Waals surface area contributed by atoms with Crippen molar-refractivity contribution in [3.05, 3.63) is 0 Å². The molecule has 1 aliphatic rings. The third kappa shape index (κ3) is 2.98. The highest BCUT2D eigenvalue weighted by Crippen LogP contribution is 2.31. The van der Waals surface area contributed by atoms with Gasteiger partial charge in [-0.05, 0) is 31.7 Å². The van der Waals surface area contributed by atoms with E-state index in [0.717, 1.165) is 5.92 Å². The zero-order valence-corrected chi connectivity index (χ0v) is 10.2. The number of rotatable bonds is 4. The monoisotopic (exact) mass is 197 g/mol. The lowest BCUT2D eigenvalue weighted by Gasteiger charge is -2.38. The van der Waals surface area contributed by atoms with Crippen LogP contribution in [0, 0.1) is 5.92 Å². The number of hydrogen-bond donors (Lipinski definition) is 1. The number of unbranched alkanes of at least 4 members (excludes halogenated alkanes) is 1. The molecule has 1 aliphatic heterocycles. The van der Waals surface area contributed by atoms with Crippen molar-refractivity contribution in [1.82, 2.24) is 5.32 Å². The van der Waals surface area contributed by atoms with Crippen LogP contribution in [0.25, 0.3) is 0 Å². The molecule has 1 unspecified atom stereocenters. The van der Waals surface area contributed by atoms with Crippen LogP contribution in [-0.2, 0) is 0 Å². The molecule has 0 aromatic heterocycles.